The van der Waals surface area contributed by atoms with E-state index in [-0.39, 0.29) is 6.10 Å². The van der Waals surface area contributed by atoms with E-state index in [1.165, 1.54) is 0 Å². The Morgan fingerprint density at radius 1 is 1.25 bits per heavy atom. The molecule has 0 aliphatic carbocycles. The Hall–Kier alpha value is -0.630. The van der Waals surface area contributed by atoms with E-state index in [0.29, 0.717) is 6.42 Å². The van der Waals surface area contributed by atoms with Crippen LogP contribution in [0.2, 0.25) is 0 Å². The highest BCUT2D eigenvalue weighted by Gasteiger charge is 1.90. The molecular formula is C10H18O2. The summed E-state index contributed by atoms with van der Waals surface area (Å²) in [6, 6.07) is 0. The van der Waals surface area contributed by atoms with Gasteiger partial charge in [0.2, 0.25) is 0 Å². The first-order valence-electron chi connectivity index (χ1n) is 4.54. The van der Waals surface area contributed by atoms with Gasteiger partial charge in [-0.15, -0.1) is 0 Å². The minimum absolute atomic E-state index is 0.204. The first-order chi connectivity index (χ1) is 5.77. The molecule has 2 heteroatoms. The SMILES string of the molecule is C[C@H](O)CC/C=C/CCCC=O. The molecule has 0 aromatic carbocycles. The smallest absolute Gasteiger partial charge is 0.120 e. The number of carbonyl (C=O) groups excluding carboxylic acids is 1. The number of carbonyl (C=O) groups is 1. The molecule has 0 radical (unpaired) electrons. The van der Waals surface area contributed by atoms with Crippen molar-refractivity contribution in [2.75, 3.05) is 0 Å². The van der Waals surface area contributed by atoms with Crippen LogP contribution >= 0.6 is 0 Å². The van der Waals surface area contributed by atoms with Crippen LogP contribution in [0.1, 0.15) is 39.0 Å². The van der Waals surface area contributed by atoms with Crippen LogP contribution < -0.4 is 0 Å². The average molecular weight is 170 g/mol. The third-order valence-electron chi connectivity index (χ3n) is 1.61. The number of rotatable bonds is 7. The molecule has 1 atom stereocenters. The molecule has 70 valence electrons. The zero-order valence-corrected chi connectivity index (χ0v) is 7.70. The highest BCUT2D eigenvalue weighted by molar-refractivity contribution is 5.48. The number of hydrogen-bond acceptors (Lipinski definition) is 2. The Labute approximate surface area is 74.3 Å². The first kappa shape index (κ1) is 11.4. The maximum atomic E-state index is 9.93. The minimum Gasteiger partial charge on any atom is -0.393 e. The topological polar surface area (TPSA) is 37.3 Å². The number of hydrogen-bond donors (Lipinski definition) is 1. The lowest BCUT2D eigenvalue weighted by Gasteiger charge is -1.98. The Morgan fingerprint density at radius 3 is 2.50 bits per heavy atom. The van der Waals surface area contributed by atoms with Crippen LogP contribution in [0.25, 0.3) is 0 Å². The number of aliphatic hydroxyl groups is 1. The van der Waals surface area contributed by atoms with E-state index in [9.17, 15) is 4.79 Å². The maximum Gasteiger partial charge on any atom is 0.120 e. The summed E-state index contributed by atoms with van der Waals surface area (Å²) in [6.45, 7) is 1.79. The highest BCUT2D eigenvalue weighted by Crippen LogP contribution is 1.99. The molecule has 0 heterocycles. The first-order valence-corrected chi connectivity index (χ1v) is 4.54. The molecule has 0 aliphatic heterocycles. The lowest BCUT2D eigenvalue weighted by molar-refractivity contribution is -0.107. The third-order valence-corrected chi connectivity index (χ3v) is 1.61. The number of aldehydes is 1. The average Bonchev–Trinajstić information content (AvgIpc) is 2.02. The molecule has 0 unspecified atom stereocenters. The molecule has 0 bridgehead atoms. The summed E-state index contributed by atoms with van der Waals surface area (Å²) in [7, 11) is 0. The zero-order valence-electron chi connectivity index (χ0n) is 7.70. The second-order valence-corrected chi connectivity index (χ2v) is 3.00. The predicted octanol–water partition coefficient (Wildman–Crippen LogP) is 2.07. The van der Waals surface area contributed by atoms with Gasteiger partial charge in [0.25, 0.3) is 0 Å². The lowest BCUT2D eigenvalue weighted by atomic mass is 10.2. The predicted molar refractivity (Wildman–Crippen MR) is 50.0 cm³/mol. The summed E-state index contributed by atoms with van der Waals surface area (Å²) in [5.41, 5.74) is 0. The monoisotopic (exact) mass is 170 g/mol. The van der Waals surface area contributed by atoms with Crippen LogP contribution in [0, 0.1) is 0 Å². The summed E-state index contributed by atoms with van der Waals surface area (Å²) >= 11 is 0. The molecule has 1 N–H and O–H groups in total. The fraction of sp³-hybridized carbons (Fsp3) is 0.700. The molecule has 0 aliphatic rings. The van der Waals surface area contributed by atoms with Crippen molar-refractivity contribution in [2.24, 2.45) is 0 Å². The van der Waals surface area contributed by atoms with Crippen LogP contribution in [0.15, 0.2) is 12.2 Å². The molecule has 0 spiro atoms. The van der Waals surface area contributed by atoms with E-state index in [0.717, 1.165) is 32.0 Å². The molecule has 0 fully saturated rings. The van der Waals surface area contributed by atoms with Gasteiger partial charge in [0.05, 0.1) is 6.10 Å². The molecule has 0 saturated heterocycles. The Morgan fingerprint density at radius 2 is 1.92 bits per heavy atom. The van der Waals surface area contributed by atoms with E-state index in [1.54, 1.807) is 6.92 Å². The van der Waals surface area contributed by atoms with Crippen molar-refractivity contribution in [3.63, 3.8) is 0 Å². The Balaban J connectivity index is 3.08. The van der Waals surface area contributed by atoms with Gasteiger partial charge >= 0.3 is 0 Å². The summed E-state index contributed by atoms with van der Waals surface area (Å²) in [4.78, 5) is 9.93. The molecule has 0 amide bonds. The van der Waals surface area contributed by atoms with Gasteiger partial charge in [-0.3, -0.25) is 0 Å². The third kappa shape index (κ3) is 9.37. The van der Waals surface area contributed by atoms with Crippen molar-refractivity contribution in [2.45, 2.75) is 45.1 Å². The Kier molecular flexibility index (Phi) is 8.02. The van der Waals surface area contributed by atoms with E-state index in [4.69, 9.17) is 5.11 Å². The number of allylic oxidation sites excluding steroid dienone is 2. The lowest BCUT2D eigenvalue weighted by Crippen LogP contribution is -1.96. The quantitative estimate of drug-likeness (QED) is 0.361. The molecule has 0 aromatic heterocycles. The number of unbranched alkanes of at least 4 members (excludes halogenated alkanes) is 2. The molecule has 0 saturated carbocycles. The van der Waals surface area contributed by atoms with Crippen molar-refractivity contribution >= 4 is 6.29 Å². The van der Waals surface area contributed by atoms with Crippen LogP contribution in [-0.2, 0) is 4.79 Å². The van der Waals surface area contributed by atoms with E-state index in [2.05, 4.69) is 12.2 Å². The van der Waals surface area contributed by atoms with Crippen LogP contribution in [0.5, 0.6) is 0 Å². The van der Waals surface area contributed by atoms with Gasteiger partial charge in [0, 0.05) is 6.42 Å². The van der Waals surface area contributed by atoms with Crippen molar-refractivity contribution in [1.82, 2.24) is 0 Å². The second-order valence-electron chi connectivity index (χ2n) is 3.00. The molecular weight excluding hydrogens is 152 g/mol. The van der Waals surface area contributed by atoms with Crippen molar-refractivity contribution in [1.29, 1.82) is 0 Å². The zero-order chi connectivity index (χ0) is 9.23. The summed E-state index contributed by atoms with van der Waals surface area (Å²) < 4.78 is 0. The van der Waals surface area contributed by atoms with E-state index in [1.807, 2.05) is 0 Å². The fourth-order valence-corrected chi connectivity index (χ4v) is 0.892. The van der Waals surface area contributed by atoms with Gasteiger partial charge in [-0.05, 0) is 32.6 Å². The van der Waals surface area contributed by atoms with Gasteiger partial charge in [0.15, 0.2) is 0 Å². The molecule has 0 aromatic rings. The summed E-state index contributed by atoms with van der Waals surface area (Å²) in [5.74, 6) is 0. The second kappa shape index (κ2) is 8.47. The van der Waals surface area contributed by atoms with Crippen molar-refractivity contribution in [3.05, 3.63) is 12.2 Å². The van der Waals surface area contributed by atoms with Gasteiger partial charge in [-0.25, -0.2) is 0 Å². The largest absolute Gasteiger partial charge is 0.393 e. The molecule has 0 rings (SSSR count). The maximum absolute atomic E-state index is 9.93. The van der Waals surface area contributed by atoms with Crippen LogP contribution in [0.3, 0.4) is 0 Å². The fourth-order valence-electron chi connectivity index (χ4n) is 0.892. The van der Waals surface area contributed by atoms with Gasteiger partial charge in [0.1, 0.15) is 6.29 Å². The molecule has 2 nitrogen and oxygen atoms in total. The molecule has 12 heavy (non-hydrogen) atoms. The normalized spacial score (nSPS) is 13.5. The van der Waals surface area contributed by atoms with E-state index < -0.39 is 0 Å². The number of aliphatic hydroxyl groups excluding tert-OH is 1. The summed E-state index contributed by atoms with van der Waals surface area (Å²) in [6.07, 6.45) is 9.20. The van der Waals surface area contributed by atoms with E-state index >= 15 is 0 Å². The summed E-state index contributed by atoms with van der Waals surface area (Å²) in [5, 5.41) is 8.91. The van der Waals surface area contributed by atoms with Gasteiger partial charge < -0.3 is 9.90 Å². The van der Waals surface area contributed by atoms with Crippen molar-refractivity contribution in [3.8, 4) is 0 Å². The highest BCUT2D eigenvalue weighted by atomic mass is 16.3. The van der Waals surface area contributed by atoms with Crippen LogP contribution in [0.4, 0.5) is 0 Å². The minimum atomic E-state index is -0.204. The van der Waals surface area contributed by atoms with Gasteiger partial charge in [-0.2, -0.15) is 0 Å². The Bertz CT molecular complexity index is 128. The standard InChI is InChI=1S/C10H18O2/c1-10(12)8-6-4-2-3-5-7-9-11/h2,4,9-10,12H,3,5-8H2,1H3/b4-2+/t10-/m0/s1. The van der Waals surface area contributed by atoms with Crippen LogP contribution in [-0.4, -0.2) is 17.5 Å². The van der Waals surface area contributed by atoms with Gasteiger partial charge in [-0.1, -0.05) is 12.2 Å². The van der Waals surface area contributed by atoms with Crippen molar-refractivity contribution < 1.29 is 9.90 Å².